The SMILES string of the molecule is CN(C)c1ccc(NC(=O)N2CCc3[nH]nc(-c4cc(Cl)c(O)cc4O)c3C2)cc1. The van der Waals surface area contributed by atoms with Crippen LogP contribution >= 0.6 is 11.6 Å². The Kier molecular flexibility index (Phi) is 5.17. The lowest BCUT2D eigenvalue weighted by molar-refractivity contribution is 0.206. The number of aromatic nitrogens is 2. The number of phenolic OH excluding ortho intramolecular Hbond substituents is 2. The van der Waals surface area contributed by atoms with E-state index < -0.39 is 0 Å². The topological polar surface area (TPSA) is 105 Å². The number of benzene rings is 2. The molecule has 1 aliphatic heterocycles. The monoisotopic (exact) mass is 427 g/mol. The van der Waals surface area contributed by atoms with Gasteiger partial charge in [0.2, 0.25) is 0 Å². The summed E-state index contributed by atoms with van der Waals surface area (Å²) in [6, 6.07) is 10.0. The average Bonchev–Trinajstić information content (AvgIpc) is 3.14. The first-order valence-electron chi connectivity index (χ1n) is 9.44. The minimum atomic E-state index is -0.210. The van der Waals surface area contributed by atoms with E-state index in [4.69, 9.17) is 11.6 Å². The van der Waals surface area contributed by atoms with Crippen molar-refractivity contribution in [2.75, 3.05) is 30.9 Å². The maximum atomic E-state index is 12.8. The van der Waals surface area contributed by atoms with Crippen LogP contribution in [0.15, 0.2) is 36.4 Å². The molecule has 30 heavy (non-hydrogen) atoms. The maximum absolute atomic E-state index is 12.8. The molecule has 9 heteroatoms. The summed E-state index contributed by atoms with van der Waals surface area (Å²) in [4.78, 5) is 16.5. The highest BCUT2D eigenvalue weighted by Crippen LogP contribution is 2.39. The third kappa shape index (κ3) is 3.73. The number of hydrogen-bond donors (Lipinski definition) is 4. The standard InChI is InChI=1S/C21H22ClN5O3/c1-26(2)13-5-3-12(4-6-13)23-21(30)27-8-7-17-15(11-27)20(25-24-17)14-9-16(22)19(29)10-18(14)28/h3-6,9-10,28-29H,7-8,11H2,1-2H3,(H,23,30)(H,24,25). The quantitative estimate of drug-likeness (QED) is 0.509. The van der Waals surface area contributed by atoms with E-state index in [0.29, 0.717) is 36.5 Å². The second kappa shape index (κ2) is 7.79. The van der Waals surface area contributed by atoms with Gasteiger partial charge in [0.1, 0.15) is 17.2 Å². The van der Waals surface area contributed by atoms with E-state index in [2.05, 4.69) is 15.5 Å². The van der Waals surface area contributed by atoms with Gasteiger partial charge in [-0.15, -0.1) is 0 Å². The number of H-pyrrole nitrogens is 1. The Morgan fingerprint density at radius 1 is 1.20 bits per heavy atom. The van der Waals surface area contributed by atoms with E-state index in [1.165, 1.54) is 12.1 Å². The third-order valence-corrected chi connectivity index (χ3v) is 5.48. The van der Waals surface area contributed by atoms with Gasteiger partial charge in [-0.05, 0) is 30.3 Å². The third-order valence-electron chi connectivity index (χ3n) is 5.18. The average molecular weight is 428 g/mol. The highest BCUT2D eigenvalue weighted by molar-refractivity contribution is 6.32. The van der Waals surface area contributed by atoms with Crippen molar-refractivity contribution in [1.82, 2.24) is 15.1 Å². The molecule has 0 saturated carbocycles. The van der Waals surface area contributed by atoms with Gasteiger partial charge in [0.25, 0.3) is 0 Å². The predicted octanol–water partition coefficient (Wildman–Crippen LogP) is 3.80. The van der Waals surface area contributed by atoms with Crippen LogP contribution in [0.3, 0.4) is 0 Å². The zero-order chi connectivity index (χ0) is 21.4. The molecule has 0 saturated heterocycles. The summed E-state index contributed by atoms with van der Waals surface area (Å²) < 4.78 is 0. The van der Waals surface area contributed by atoms with Crippen LogP contribution in [0, 0.1) is 0 Å². The number of aromatic amines is 1. The van der Waals surface area contributed by atoms with E-state index in [1.807, 2.05) is 43.3 Å². The first-order chi connectivity index (χ1) is 14.3. The van der Waals surface area contributed by atoms with Crippen molar-refractivity contribution in [3.8, 4) is 22.8 Å². The minimum Gasteiger partial charge on any atom is -0.507 e. The van der Waals surface area contributed by atoms with Gasteiger partial charge in [0, 0.05) is 61.3 Å². The zero-order valence-electron chi connectivity index (χ0n) is 16.6. The van der Waals surface area contributed by atoms with Gasteiger partial charge < -0.3 is 25.3 Å². The summed E-state index contributed by atoms with van der Waals surface area (Å²) in [5, 5.41) is 30.3. The molecule has 3 aromatic rings. The number of urea groups is 1. The van der Waals surface area contributed by atoms with Crippen molar-refractivity contribution in [1.29, 1.82) is 0 Å². The van der Waals surface area contributed by atoms with E-state index in [1.54, 1.807) is 4.90 Å². The Hall–Kier alpha value is -3.39. The summed E-state index contributed by atoms with van der Waals surface area (Å²) in [5.74, 6) is -0.336. The van der Waals surface area contributed by atoms with Gasteiger partial charge in [-0.1, -0.05) is 11.6 Å². The van der Waals surface area contributed by atoms with Crippen LogP contribution in [0.25, 0.3) is 11.3 Å². The lowest BCUT2D eigenvalue weighted by Crippen LogP contribution is -2.38. The number of anilines is 2. The fraction of sp³-hybridized carbons (Fsp3) is 0.238. The van der Waals surface area contributed by atoms with Crippen LogP contribution in [0.2, 0.25) is 5.02 Å². The van der Waals surface area contributed by atoms with Crippen molar-refractivity contribution in [3.63, 3.8) is 0 Å². The van der Waals surface area contributed by atoms with Crippen LogP contribution < -0.4 is 10.2 Å². The smallest absolute Gasteiger partial charge is 0.322 e. The molecule has 4 rings (SSSR count). The van der Waals surface area contributed by atoms with E-state index in [-0.39, 0.29) is 22.6 Å². The molecule has 0 unspecified atom stereocenters. The number of hydrogen-bond acceptors (Lipinski definition) is 5. The summed E-state index contributed by atoms with van der Waals surface area (Å²) >= 11 is 6.01. The molecule has 0 bridgehead atoms. The molecule has 0 aliphatic carbocycles. The molecule has 0 fully saturated rings. The molecule has 1 aromatic heterocycles. The van der Waals surface area contributed by atoms with Gasteiger partial charge in [-0.25, -0.2) is 4.79 Å². The van der Waals surface area contributed by atoms with Crippen LogP contribution in [0.5, 0.6) is 11.5 Å². The van der Waals surface area contributed by atoms with E-state index in [9.17, 15) is 15.0 Å². The number of aromatic hydroxyl groups is 2. The summed E-state index contributed by atoms with van der Waals surface area (Å²) in [6.07, 6.45) is 0.613. The van der Waals surface area contributed by atoms with Crippen molar-refractivity contribution < 1.29 is 15.0 Å². The summed E-state index contributed by atoms with van der Waals surface area (Å²) in [5.41, 5.74) is 4.40. The molecule has 4 N–H and O–H groups in total. The number of halogens is 1. The molecular weight excluding hydrogens is 406 g/mol. The molecular formula is C21H22ClN5O3. The number of fused-ring (bicyclic) bond motifs is 1. The van der Waals surface area contributed by atoms with Gasteiger partial charge in [0.15, 0.2) is 0 Å². The second-order valence-electron chi connectivity index (χ2n) is 7.39. The minimum absolute atomic E-state index is 0.117. The van der Waals surface area contributed by atoms with Gasteiger partial charge in [-0.3, -0.25) is 5.10 Å². The van der Waals surface area contributed by atoms with Crippen LogP contribution in [0.4, 0.5) is 16.2 Å². The van der Waals surface area contributed by atoms with E-state index in [0.717, 1.165) is 16.9 Å². The molecule has 156 valence electrons. The Labute approximate surface area is 178 Å². The Bertz CT molecular complexity index is 1090. The van der Waals surface area contributed by atoms with Crippen molar-refractivity contribution >= 4 is 29.0 Å². The fourth-order valence-corrected chi connectivity index (χ4v) is 3.64. The van der Waals surface area contributed by atoms with Gasteiger partial charge >= 0.3 is 6.03 Å². The first kappa shape index (κ1) is 19.9. The maximum Gasteiger partial charge on any atom is 0.322 e. The molecule has 2 heterocycles. The number of carbonyl (C=O) groups excluding carboxylic acids is 1. The molecule has 0 spiro atoms. The second-order valence-corrected chi connectivity index (χ2v) is 7.80. The number of rotatable bonds is 3. The molecule has 8 nitrogen and oxygen atoms in total. The lowest BCUT2D eigenvalue weighted by Gasteiger charge is -2.27. The van der Waals surface area contributed by atoms with Crippen molar-refractivity contribution in [3.05, 3.63) is 52.7 Å². The largest absolute Gasteiger partial charge is 0.507 e. The van der Waals surface area contributed by atoms with Crippen molar-refractivity contribution in [2.45, 2.75) is 13.0 Å². The molecule has 0 atom stereocenters. The zero-order valence-corrected chi connectivity index (χ0v) is 17.4. The van der Waals surface area contributed by atoms with Gasteiger partial charge in [0.05, 0.1) is 11.6 Å². The molecule has 0 radical (unpaired) electrons. The number of nitrogens with zero attached hydrogens (tertiary/aromatic N) is 3. The highest BCUT2D eigenvalue weighted by atomic mass is 35.5. The summed E-state index contributed by atoms with van der Waals surface area (Å²) in [7, 11) is 3.92. The highest BCUT2D eigenvalue weighted by Gasteiger charge is 2.27. The van der Waals surface area contributed by atoms with Crippen molar-refractivity contribution in [2.24, 2.45) is 0 Å². The lowest BCUT2D eigenvalue weighted by atomic mass is 10.0. The normalized spacial score (nSPS) is 13.1. The number of carbonyl (C=O) groups is 1. The predicted molar refractivity (Wildman–Crippen MR) is 116 cm³/mol. The van der Waals surface area contributed by atoms with Crippen LogP contribution in [-0.2, 0) is 13.0 Å². The first-order valence-corrected chi connectivity index (χ1v) is 9.82. The van der Waals surface area contributed by atoms with E-state index >= 15 is 0 Å². The summed E-state index contributed by atoms with van der Waals surface area (Å²) in [6.45, 7) is 0.874. The van der Waals surface area contributed by atoms with Gasteiger partial charge in [-0.2, -0.15) is 5.10 Å². The number of nitrogens with one attached hydrogen (secondary N) is 2. The molecule has 1 aliphatic rings. The van der Waals surface area contributed by atoms with Crippen LogP contribution in [0.1, 0.15) is 11.3 Å². The molecule has 2 aromatic carbocycles. The van der Waals surface area contributed by atoms with Crippen LogP contribution in [-0.4, -0.2) is 52.0 Å². The Morgan fingerprint density at radius 3 is 2.63 bits per heavy atom. The molecule has 2 amide bonds. The fourth-order valence-electron chi connectivity index (χ4n) is 3.48. The number of phenols is 2. The Balaban J connectivity index is 1.54. The Morgan fingerprint density at radius 2 is 1.93 bits per heavy atom. The number of amides is 2.